The van der Waals surface area contributed by atoms with Crippen LogP contribution in [0.2, 0.25) is 19.6 Å². The number of rotatable bonds is 3. The Labute approximate surface area is 76.4 Å². The SMILES string of the molecule is C[Si](C)(C)NC(=O)C(F)(F)CCl. The van der Waals surface area contributed by atoms with E-state index in [0.29, 0.717) is 0 Å². The highest BCUT2D eigenvalue weighted by Gasteiger charge is 2.39. The molecule has 12 heavy (non-hydrogen) atoms. The zero-order chi connectivity index (χ0) is 9.99. The zero-order valence-corrected chi connectivity index (χ0v) is 9.01. The fraction of sp³-hybridized carbons (Fsp3) is 0.833. The van der Waals surface area contributed by atoms with Crippen molar-refractivity contribution in [1.82, 2.24) is 4.98 Å². The van der Waals surface area contributed by atoms with Gasteiger partial charge in [-0.2, -0.15) is 8.78 Å². The third-order valence-corrected chi connectivity index (χ3v) is 2.30. The number of nitrogens with one attached hydrogen (secondary N) is 1. The van der Waals surface area contributed by atoms with Gasteiger partial charge >= 0.3 is 5.92 Å². The molecule has 72 valence electrons. The van der Waals surface area contributed by atoms with Gasteiger partial charge in [-0.25, -0.2) is 0 Å². The van der Waals surface area contributed by atoms with Gasteiger partial charge in [0, 0.05) is 0 Å². The molecule has 0 aromatic rings. The van der Waals surface area contributed by atoms with Crippen molar-refractivity contribution >= 4 is 25.7 Å². The lowest BCUT2D eigenvalue weighted by molar-refractivity contribution is -0.140. The van der Waals surface area contributed by atoms with E-state index in [0.717, 1.165) is 0 Å². The van der Waals surface area contributed by atoms with Crippen molar-refractivity contribution in [3.63, 3.8) is 0 Å². The van der Waals surface area contributed by atoms with Gasteiger partial charge < -0.3 is 4.98 Å². The second kappa shape index (κ2) is 3.70. The van der Waals surface area contributed by atoms with Gasteiger partial charge in [-0.05, 0) is 0 Å². The molecule has 0 spiro atoms. The van der Waals surface area contributed by atoms with Crippen LogP contribution < -0.4 is 4.98 Å². The Morgan fingerprint density at radius 1 is 1.50 bits per heavy atom. The van der Waals surface area contributed by atoms with Crippen LogP contribution in [0.25, 0.3) is 0 Å². The molecule has 1 N–H and O–H groups in total. The van der Waals surface area contributed by atoms with Gasteiger partial charge in [-0.15, -0.1) is 11.6 Å². The Kier molecular flexibility index (Phi) is 3.65. The molecule has 0 radical (unpaired) electrons. The summed E-state index contributed by atoms with van der Waals surface area (Å²) in [4.78, 5) is 13.1. The fourth-order valence-corrected chi connectivity index (χ4v) is 1.48. The summed E-state index contributed by atoms with van der Waals surface area (Å²) in [5.74, 6) is -5.68. The Balaban J connectivity index is 4.23. The number of halogens is 3. The number of alkyl halides is 3. The predicted octanol–water partition coefficient (Wildman–Crippen LogP) is 1.81. The molecule has 0 unspecified atom stereocenters. The lowest BCUT2D eigenvalue weighted by Gasteiger charge is -2.21. The highest BCUT2D eigenvalue weighted by atomic mass is 35.5. The van der Waals surface area contributed by atoms with Crippen LogP contribution in [0.5, 0.6) is 0 Å². The number of carbonyl (C=O) groups is 1. The van der Waals surface area contributed by atoms with E-state index < -0.39 is 25.9 Å². The quantitative estimate of drug-likeness (QED) is 0.565. The van der Waals surface area contributed by atoms with Crippen molar-refractivity contribution in [2.45, 2.75) is 25.6 Å². The summed E-state index contributed by atoms with van der Waals surface area (Å²) >= 11 is 4.92. The Morgan fingerprint density at radius 2 is 1.92 bits per heavy atom. The zero-order valence-electron chi connectivity index (χ0n) is 7.25. The van der Waals surface area contributed by atoms with E-state index in [2.05, 4.69) is 4.98 Å². The lowest BCUT2D eigenvalue weighted by atomic mass is 10.4. The van der Waals surface area contributed by atoms with E-state index in [-0.39, 0.29) is 0 Å². The normalized spacial score (nSPS) is 12.8. The minimum absolute atomic E-state index is 0.969. The van der Waals surface area contributed by atoms with Crippen molar-refractivity contribution in [3.8, 4) is 0 Å². The highest BCUT2D eigenvalue weighted by Crippen LogP contribution is 2.16. The topological polar surface area (TPSA) is 29.1 Å². The summed E-state index contributed by atoms with van der Waals surface area (Å²) in [5.41, 5.74) is 0. The molecule has 0 saturated heterocycles. The van der Waals surface area contributed by atoms with Gasteiger partial charge in [0.1, 0.15) is 8.24 Å². The first kappa shape index (κ1) is 11.8. The number of hydrogen-bond acceptors (Lipinski definition) is 1. The molecule has 0 atom stereocenters. The van der Waals surface area contributed by atoms with Crippen LogP contribution in [-0.4, -0.2) is 25.9 Å². The van der Waals surface area contributed by atoms with Crippen LogP contribution in [0.1, 0.15) is 0 Å². The monoisotopic (exact) mass is 215 g/mol. The van der Waals surface area contributed by atoms with Crippen LogP contribution in [-0.2, 0) is 4.79 Å². The summed E-state index contributed by atoms with van der Waals surface area (Å²) in [5, 5.41) is 0. The van der Waals surface area contributed by atoms with Gasteiger partial charge in [0.15, 0.2) is 0 Å². The minimum Gasteiger partial charge on any atom is -0.377 e. The van der Waals surface area contributed by atoms with Crippen molar-refractivity contribution < 1.29 is 13.6 Å². The standard InChI is InChI=1S/C6H12ClF2NOSi/c1-12(2,3)10-5(11)6(8,9)4-7/h4H2,1-3H3,(H,10,11). The highest BCUT2D eigenvalue weighted by molar-refractivity contribution is 6.75. The van der Waals surface area contributed by atoms with E-state index in [1.54, 1.807) is 19.6 Å². The maximum atomic E-state index is 12.6. The van der Waals surface area contributed by atoms with Gasteiger partial charge in [-0.3, -0.25) is 4.79 Å². The van der Waals surface area contributed by atoms with Crippen LogP contribution in [0.4, 0.5) is 8.78 Å². The number of carbonyl (C=O) groups excluding carboxylic acids is 1. The molecule has 0 fully saturated rings. The van der Waals surface area contributed by atoms with E-state index >= 15 is 0 Å². The molecule has 0 saturated carbocycles. The molecule has 0 rings (SSSR count). The van der Waals surface area contributed by atoms with Crippen LogP contribution in [0.3, 0.4) is 0 Å². The van der Waals surface area contributed by atoms with Crippen molar-refractivity contribution in [1.29, 1.82) is 0 Å². The maximum absolute atomic E-state index is 12.6. The number of hydrogen-bond donors (Lipinski definition) is 1. The molecular formula is C6H12ClF2NOSi. The van der Waals surface area contributed by atoms with E-state index in [9.17, 15) is 13.6 Å². The molecule has 1 amide bonds. The molecule has 0 aromatic heterocycles. The van der Waals surface area contributed by atoms with Crippen molar-refractivity contribution in [2.24, 2.45) is 0 Å². The van der Waals surface area contributed by atoms with Gasteiger partial charge in [0.2, 0.25) is 0 Å². The van der Waals surface area contributed by atoms with Gasteiger partial charge in [0.05, 0.1) is 5.88 Å². The molecule has 0 heterocycles. The Bertz CT molecular complexity index is 181. The van der Waals surface area contributed by atoms with Crippen LogP contribution >= 0.6 is 11.6 Å². The Morgan fingerprint density at radius 3 is 2.17 bits per heavy atom. The van der Waals surface area contributed by atoms with Crippen LogP contribution in [0.15, 0.2) is 0 Å². The maximum Gasteiger partial charge on any atom is 0.336 e. The third kappa shape index (κ3) is 4.01. The summed E-state index contributed by atoms with van der Waals surface area (Å²) in [6.07, 6.45) is 0. The fourth-order valence-electron chi connectivity index (χ4n) is 0.493. The largest absolute Gasteiger partial charge is 0.377 e. The summed E-state index contributed by atoms with van der Waals surface area (Å²) in [6, 6.07) is 0. The number of amides is 1. The van der Waals surface area contributed by atoms with Crippen LogP contribution in [0, 0.1) is 0 Å². The molecule has 0 bridgehead atoms. The average Bonchev–Trinajstić information content (AvgIpc) is 1.84. The average molecular weight is 216 g/mol. The minimum atomic E-state index is -3.44. The Hall–Kier alpha value is -0.163. The first-order valence-electron chi connectivity index (χ1n) is 3.45. The van der Waals surface area contributed by atoms with E-state index in [1.807, 2.05) is 0 Å². The van der Waals surface area contributed by atoms with E-state index in [4.69, 9.17) is 11.6 Å². The molecule has 6 heteroatoms. The van der Waals surface area contributed by atoms with Gasteiger partial charge in [0.25, 0.3) is 5.91 Å². The summed E-state index contributed by atoms with van der Waals surface area (Å²) < 4.78 is 25.1. The predicted molar refractivity (Wildman–Crippen MR) is 47.2 cm³/mol. The lowest BCUT2D eigenvalue weighted by Crippen LogP contribution is -2.52. The molecule has 0 aliphatic heterocycles. The molecular weight excluding hydrogens is 204 g/mol. The molecule has 0 aliphatic rings. The first-order valence-corrected chi connectivity index (χ1v) is 7.49. The first-order chi connectivity index (χ1) is 5.19. The van der Waals surface area contributed by atoms with Crippen molar-refractivity contribution in [3.05, 3.63) is 0 Å². The van der Waals surface area contributed by atoms with E-state index in [1.165, 1.54) is 0 Å². The van der Waals surface area contributed by atoms with Gasteiger partial charge in [-0.1, -0.05) is 19.6 Å². The second-order valence-corrected chi connectivity index (χ2v) is 8.56. The second-order valence-electron chi connectivity index (χ2n) is 3.54. The smallest absolute Gasteiger partial charge is 0.336 e. The van der Waals surface area contributed by atoms with Crippen molar-refractivity contribution in [2.75, 3.05) is 5.88 Å². The molecule has 0 aromatic carbocycles. The molecule has 0 aliphatic carbocycles. The summed E-state index contributed by atoms with van der Waals surface area (Å²) in [7, 11) is -1.98. The molecule has 2 nitrogen and oxygen atoms in total. The summed E-state index contributed by atoms with van der Waals surface area (Å²) in [6.45, 7) is 5.28. The third-order valence-electron chi connectivity index (χ3n) is 0.989.